The van der Waals surface area contributed by atoms with Gasteiger partial charge >= 0.3 is 0 Å². The number of benzene rings is 1. The number of rotatable bonds is 7. The minimum atomic E-state index is -0.434. The molecular formula is C20H26N4O4S2. The maximum Gasteiger partial charge on any atom is 0.270 e. The molecule has 0 saturated carbocycles. The van der Waals surface area contributed by atoms with E-state index >= 15 is 0 Å². The first kappa shape index (κ1) is 22.5. The molecule has 0 bridgehead atoms. The second kappa shape index (κ2) is 10.2. The lowest BCUT2D eigenvalue weighted by Crippen LogP contribution is -2.44. The summed E-state index contributed by atoms with van der Waals surface area (Å²) < 4.78 is 2.59. The standard InChI is InChI=1S/C20H26N4O4S2/c1-3-14-7-5-6-10-23(14)19(26)13-29-12-18(25)21-20-22(4-2)16-9-8-15(24(27)28)11-17(16)30-20/h8-9,11,14H,3-7,10,12-13H2,1-2H3. The van der Waals surface area contributed by atoms with Crippen molar-refractivity contribution in [3.63, 3.8) is 0 Å². The van der Waals surface area contributed by atoms with Crippen LogP contribution in [0.3, 0.4) is 0 Å². The molecule has 1 saturated heterocycles. The summed E-state index contributed by atoms with van der Waals surface area (Å²) in [5.41, 5.74) is 0.834. The van der Waals surface area contributed by atoms with Gasteiger partial charge in [0.1, 0.15) is 0 Å². The van der Waals surface area contributed by atoms with E-state index in [1.807, 2.05) is 16.4 Å². The van der Waals surface area contributed by atoms with E-state index < -0.39 is 4.92 Å². The highest BCUT2D eigenvalue weighted by Crippen LogP contribution is 2.23. The third kappa shape index (κ3) is 5.10. The number of carbonyl (C=O) groups is 2. The van der Waals surface area contributed by atoms with Gasteiger partial charge in [-0.05, 0) is 38.7 Å². The number of aromatic nitrogens is 1. The summed E-state index contributed by atoms with van der Waals surface area (Å²) in [5.74, 6) is 0.206. The van der Waals surface area contributed by atoms with Crippen molar-refractivity contribution in [3.05, 3.63) is 33.1 Å². The molecule has 1 fully saturated rings. The smallest absolute Gasteiger partial charge is 0.270 e. The predicted molar refractivity (Wildman–Crippen MR) is 120 cm³/mol. The maximum absolute atomic E-state index is 12.5. The molecular weight excluding hydrogens is 424 g/mol. The van der Waals surface area contributed by atoms with Gasteiger partial charge in [0, 0.05) is 31.3 Å². The average molecular weight is 451 g/mol. The Balaban J connectivity index is 1.66. The van der Waals surface area contributed by atoms with Gasteiger partial charge in [-0.15, -0.1) is 11.8 Å². The molecule has 30 heavy (non-hydrogen) atoms. The highest BCUT2D eigenvalue weighted by atomic mass is 32.2. The summed E-state index contributed by atoms with van der Waals surface area (Å²) in [5, 5.41) is 11.0. The number of piperidine rings is 1. The molecule has 0 aliphatic carbocycles. The molecule has 0 N–H and O–H groups in total. The third-order valence-electron chi connectivity index (χ3n) is 5.28. The fourth-order valence-corrected chi connectivity index (χ4v) is 5.59. The Kier molecular flexibility index (Phi) is 7.65. The van der Waals surface area contributed by atoms with E-state index in [2.05, 4.69) is 11.9 Å². The van der Waals surface area contributed by atoms with Crippen LogP contribution in [0.2, 0.25) is 0 Å². The van der Waals surface area contributed by atoms with Gasteiger partial charge in [-0.3, -0.25) is 19.7 Å². The third-order valence-corrected chi connectivity index (χ3v) is 7.23. The Morgan fingerprint density at radius 2 is 2.10 bits per heavy atom. The number of hydrogen-bond acceptors (Lipinski definition) is 6. The topological polar surface area (TPSA) is 97.8 Å². The van der Waals surface area contributed by atoms with E-state index in [4.69, 9.17) is 0 Å². The number of non-ortho nitro benzene ring substituents is 1. The maximum atomic E-state index is 12.5. The minimum Gasteiger partial charge on any atom is -0.339 e. The second-order valence-corrected chi connectivity index (χ2v) is 9.18. The van der Waals surface area contributed by atoms with Crippen LogP contribution in [0.25, 0.3) is 10.2 Å². The van der Waals surface area contributed by atoms with Crippen molar-refractivity contribution in [3.8, 4) is 0 Å². The molecule has 1 aliphatic rings. The molecule has 162 valence electrons. The van der Waals surface area contributed by atoms with Crippen molar-refractivity contribution >= 4 is 50.8 Å². The molecule has 0 radical (unpaired) electrons. The largest absolute Gasteiger partial charge is 0.339 e. The number of aryl methyl sites for hydroxylation is 1. The number of fused-ring (bicyclic) bond motifs is 1. The molecule has 2 heterocycles. The average Bonchev–Trinajstić information content (AvgIpc) is 3.09. The SMILES string of the molecule is CCC1CCCCN1C(=O)CSCC(=O)N=c1sc2cc([N+](=O)[O-])ccc2n1CC. The van der Waals surface area contributed by atoms with Gasteiger partial charge in [0.15, 0.2) is 4.80 Å². The molecule has 1 atom stereocenters. The zero-order valence-corrected chi connectivity index (χ0v) is 18.8. The molecule has 2 amide bonds. The summed E-state index contributed by atoms with van der Waals surface area (Å²) in [7, 11) is 0. The van der Waals surface area contributed by atoms with Crippen molar-refractivity contribution in [2.75, 3.05) is 18.1 Å². The lowest BCUT2D eigenvalue weighted by atomic mass is 10.0. The van der Waals surface area contributed by atoms with Gasteiger partial charge in [0.05, 0.1) is 26.6 Å². The Hall–Kier alpha value is -2.20. The van der Waals surface area contributed by atoms with Crippen LogP contribution < -0.4 is 4.80 Å². The Morgan fingerprint density at radius 3 is 2.80 bits per heavy atom. The number of amides is 2. The van der Waals surface area contributed by atoms with Crippen LogP contribution >= 0.6 is 23.1 Å². The van der Waals surface area contributed by atoms with E-state index in [1.54, 1.807) is 6.07 Å². The van der Waals surface area contributed by atoms with E-state index in [0.29, 0.717) is 17.4 Å². The molecule has 10 heteroatoms. The normalized spacial score (nSPS) is 17.5. The lowest BCUT2D eigenvalue weighted by molar-refractivity contribution is -0.384. The van der Waals surface area contributed by atoms with Crippen molar-refractivity contribution in [1.82, 2.24) is 9.47 Å². The number of nitrogens with zero attached hydrogens (tertiary/aromatic N) is 4. The van der Waals surface area contributed by atoms with Crippen LogP contribution in [-0.4, -0.2) is 50.3 Å². The van der Waals surface area contributed by atoms with Gasteiger partial charge in [0.2, 0.25) is 5.91 Å². The van der Waals surface area contributed by atoms with Crippen LogP contribution in [0.15, 0.2) is 23.2 Å². The molecule has 0 spiro atoms. The number of thioether (sulfide) groups is 1. The first-order valence-corrected chi connectivity index (χ1v) is 12.1. The number of nitro groups is 1. The molecule has 1 unspecified atom stereocenters. The number of hydrogen-bond donors (Lipinski definition) is 0. The molecule has 1 aromatic heterocycles. The molecule has 8 nitrogen and oxygen atoms in total. The minimum absolute atomic E-state index is 0.0158. The van der Waals surface area contributed by atoms with Gasteiger partial charge in [-0.1, -0.05) is 18.3 Å². The highest BCUT2D eigenvalue weighted by molar-refractivity contribution is 8.00. The Bertz CT molecular complexity index is 1010. The number of nitro benzene ring substituents is 1. The number of thiazole rings is 1. The van der Waals surface area contributed by atoms with Gasteiger partial charge in [-0.2, -0.15) is 4.99 Å². The van der Waals surface area contributed by atoms with Crippen LogP contribution in [0, 0.1) is 10.1 Å². The Morgan fingerprint density at radius 1 is 1.30 bits per heavy atom. The molecule has 2 aromatic rings. The first-order chi connectivity index (χ1) is 14.4. The van der Waals surface area contributed by atoms with Crippen molar-refractivity contribution in [1.29, 1.82) is 0 Å². The number of carbonyl (C=O) groups excluding carboxylic acids is 2. The number of likely N-dealkylation sites (tertiary alicyclic amines) is 1. The van der Waals surface area contributed by atoms with Gasteiger partial charge in [-0.25, -0.2) is 0 Å². The van der Waals surface area contributed by atoms with E-state index in [1.165, 1.54) is 41.7 Å². The monoisotopic (exact) mass is 450 g/mol. The van der Waals surface area contributed by atoms with E-state index in [9.17, 15) is 19.7 Å². The van der Waals surface area contributed by atoms with Crippen LogP contribution in [0.5, 0.6) is 0 Å². The van der Waals surface area contributed by atoms with Crippen LogP contribution in [0.4, 0.5) is 5.69 Å². The summed E-state index contributed by atoms with van der Waals surface area (Å²) in [6.45, 7) is 5.45. The summed E-state index contributed by atoms with van der Waals surface area (Å²) >= 11 is 2.55. The zero-order chi connectivity index (χ0) is 21.7. The molecule has 1 aromatic carbocycles. The van der Waals surface area contributed by atoms with Crippen molar-refractivity contribution in [2.24, 2.45) is 4.99 Å². The fraction of sp³-hybridized carbons (Fsp3) is 0.550. The van der Waals surface area contributed by atoms with E-state index in [-0.39, 0.29) is 29.0 Å². The van der Waals surface area contributed by atoms with Gasteiger partial charge < -0.3 is 9.47 Å². The lowest BCUT2D eigenvalue weighted by Gasteiger charge is -2.35. The quantitative estimate of drug-likeness (QED) is 0.474. The fourth-order valence-electron chi connectivity index (χ4n) is 3.77. The first-order valence-electron chi connectivity index (χ1n) is 10.2. The van der Waals surface area contributed by atoms with Crippen LogP contribution in [0.1, 0.15) is 39.5 Å². The van der Waals surface area contributed by atoms with Gasteiger partial charge in [0.25, 0.3) is 11.6 Å². The van der Waals surface area contributed by atoms with Crippen molar-refractivity contribution in [2.45, 2.75) is 52.1 Å². The molecule has 1 aliphatic heterocycles. The zero-order valence-electron chi connectivity index (χ0n) is 17.2. The summed E-state index contributed by atoms with van der Waals surface area (Å²) in [4.78, 5) is 42.2. The van der Waals surface area contributed by atoms with Crippen molar-refractivity contribution < 1.29 is 14.5 Å². The second-order valence-electron chi connectivity index (χ2n) is 7.18. The Labute approximate surface area is 183 Å². The molecule has 3 rings (SSSR count). The van der Waals surface area contributed by atoms with Crippen LogP contribution in [-0.2, 0) is 16.1 Å². The summed E-state index contributed by atoms with van der Waals surface area (Å²) in [6, 6.07) is 4.97. The summed E-state index contributed by atoms with van der Waals surface area (Å²) in [6.07, 6.45) is 4.24. The highest BCUT2D eigenvalue weighted by Gasteiger charge is 2.25. The predicted octanol–water partition coefficient (Wildman–Crippen LogP) is 3.58. The van der Waals surface area contributed by atoms with E-state index in [0.717, 1.165) is 36.0 Å².